The van der Waals surface area contributed by atoms with Crippen molar-refractivity contribution in [2.45, 2.75) is 25.9 Å². The van der Waals surface area contributed by atoms with E-state index in [0.717, 1.165) is 18.5 Å². The van der Waals surface area contributed by atoms with Crippen LogP contribution in [0.4, 0.5) is 0 Å². The van der Waals surface area contributed by atoms with Crippen molar-refractivity contribution in [1.82, 2.24) is 0 Å². The molecule has 0 aromatic heterocycles. The first-order chi connectivity index (χ1) is 6.45. The Balaban J connectivity index is 0. The molecule has 0 aliphatic heterocycles. The largest absolute Gasteiger partial charge is 0.478 e. The lowest BCUT2D eigenvalue weighted by Crippen LogP contribution is -2.35. The molecule has 0 saturated carbocycles. The highest BCUT2D eigenvalue weighted by atomic mass is 28.4. The number of carboxylic acids is 1. The molecule has 0 aliphatic rings. The standard InChI is InChI=1S/C6H16O2Si.C3H4O2/c1-5-6-9(4,7-2)8-3;1-2-3(4)5/h5-6H2,1-4H3;2H,1H2,(H,4,5). The zero-order valence-corrected chi connectivity index (χ0v) is 10.4. The normalized spacial score (nSPS) is 10.0. The van der Waals surface area contributed by atoms with Crippen LogP contribution in [-0.4, -0.2) is 33.9 Å². The predicted molar refractivity (Wildman–Crippen MR) is 58.6 cm³/mol. The first kappa shape index (κ1) is 15.8. The van der Waals surface area contributed by atoms with Gasteiger partial charge in [-0.25, -0.2) is 4.79 Å². The summed E-state index contributed by atoms with van der Waals surface area (Å²) in [4.78, 5) is 9.25. The van der Waals surface area contributed by atoms with E-state index in [2.05, 4.69) is 20.0 Å². The van der Waals surface area contributed by atoms with E-state index in [1.54, 1.807) is 14.2 Å². The van der Waals surface area contributed by atoms with E-state index in [1.165, 1.54) is 0 Å². The second-order valence-corrected chi connectivity index (χ2v) is 6.42. The number of carboxylic acid groups (broad SMARTS) is 1. The molecule has 14 heavy (non-hydrogen) atoms. The first-order valence-electron chi connectivity index (χ1n) is 4.41. The fraction of sp³-hybridized carbons (Fsp3) is 0.667. The Morgan fingerprint density at radius 3 is 1.93 bits per heavy atom. The number of hydrogen-bond donors (Lipinski definition) is 1. The zero-order valence-electron chi connectivity index (χ0n) is 9.37. The summed E-state index contributed by atoms with van der Waals surface area (Å²) in [5.41, 5.74) is 0. The fourth-order valence-corrected chi connectivity index (χ4v) is 2.22. The summed E-state index contributed by atoms with van der Waals surface area (Å²) < 4.78 is 10.5. The van der Waals surface area contributed by atoms with Gasteiger partial charge in [-0.05, 0) is 12.6 Å². The molecule has 0 atom stereocenters. The summed E-state index contributed by atoms with van der Waals surface area (Å²) in [6.45, 7) is 7.18. The molecule has 0 saturated heterocycles. The smallest absolute Gasteiger partial charge is 0.334 e. The summed E-state index contributed by atoms with van der Waals surface area (Å²) >= 11 is 0. The van der Waals surface area contributed by atoms with Gasteiger partial charge in [-0.2, -0.15) is 0 Å². The lowest BCUT2D eigenvalue weighted by atomic mass is 10.6. The first-order valence-corrected chi connectivity index (χ1v) is 6.93. The number of rotatable bonds is 5. The van der Waals surface area contributed by atoms with Crippen molar-refractivity contribution in [1.29, 1.82) is 0 Å². The van der Waals surface area contributed by atoms with Gasteiger partial charge < -0.3 is 14.0 Å². The van der Waals surface area contributed by atoms with Crippen molar-refractivity contribution in [3.05, 3.63) is 12.7 Å². The Morgan fingerprint density at radius 2 is 1.86 bits per heavy atom. The molecule has 0 aliphatic carbocycles. The van der Waals surface area contributed by atoms with Gasteiger partial charge in [0, 0.05) is 20.3 Å². The average molecular weight is 220 g/mol. The molecule has 0 radical (unpaired) electrons. The molecule has 4 nitrogen and oxygen atoms in total. The van der Waals surface area contributed by atoms with Crippen molar-refractivity contribution in [2.24, 2.45) is 0 Å². The molecule has 0 rings (SSSR count). The molecule has 84 valence electrons. The molecular formula is C9H20O4Si. The van der Waals surface area contributed by atoms with Crippen LogP contribution in [0.2, 0.25) is 12.6 Å². The number of aliphatic carboxylic acids is 1. The molecule has 5 heteroatoms. The van der Waals surface area contributed by atoms with Crippen molar-refractivity contribution in [3.63, 3.8) is 0 Å². The molecule has 0 fully saturated rings. The van der Waals surface area contributed by atoms with E-state index in [4.69, 9.17) is 14.0 Å². The van der Waals surface area contributed by atoms with E-state index in [-0.39, 0.29) is 0 Å². The van der Waals surface area contributed by atoms with Gasteiger partial charge in [0.25, 0.3) is 0 Å². The van der Waals surface area contributed by atoms with E-state index in [1.807, 2.05) is 0 Å². The third kappa shape index (κ3) is 9.44. The van der Waals surface area contributed by atoms with Crippen molar-refractivity contribution in [2.75, 3.05) is 14.2 Å². The van der Waals surface area contributed by atoms with E-state index in [9.17, 15) is 4.79 Å². The highest BCUT2D eigenvalue weighted by molar-refractivity contribution is 6.65. The van der Waals surface area contributed by atoms with Gasteiger partial charge in [-0.15, -0.1) is 0 Å². The van der Waals surface area contributed by atoms with Crippen LogP contribution in [0.5, 0.6) is 0 Å². The third-order valence-corrected chi connectivity index (χ3v) is 4.88. The minimum Gasteiger partial charge on any atom is -0.478 e. The van der Waals surface area contributed by atoms with Crippen molar-refractivity contribution < 1.29 is 18.8 Å². The Bertz CT molecular complexity index is 166. The van der Waals surface area contributed by atoms with Gasteiger partial charge in [0.2, 0.25) is 0 Å². The molecule has 1 N–H and O–H groups in total. The summed E-state index contributed by atoms with van der Waals surface area (Å²) in [5.74, 6) is -0.981. The van der Waals surface area contributed by atoms with Crippen LogP contribution in [0.1, 0.15) is 13.3 Å². The maximum absolute atomic E-state index is 9.25. The molecular weight excluding hydrogens is 200 g/mol. The Labute approximate surface area is 86.8 Å². The van der Waals surface area contributed by atoms with Gasteiger partial charge in [0.1, 0.15) is 0 Å². The van der Waals surface area contributed by atoms with Crippen LogP contribution >= 0.6 is 0 Å². The Hall–Kier alpha value is -0.653. The van der Waals surface area contributed by atoms with Crippen LogP contribution in [0.3, 0.4) is 0 Å². The highest BCUT2D eigenvalue weighted by Gasteiger charge is 2.26. The second-order valence-electron chi connectivity index (χ2n) is 2.83. The summed E-state index contributed by atoms with van der Waals surface area (Å²) in [6, 6.07) is 1.08. The Morgan fingerprint density at radius 1 is 1.50 bits per heavy atom. The molecule has 0 unspecified atom stereocenters. The van der Waals surface area contributed by atoms with Gasteiger partial charge in [0.15, 0.2) is 0 Å². The number of carbonyl (C=O) groups is 1. The van der Waals surface area contributed by atoms with E-state index in [0.29, 0.717) is 0 Å². The molecule has 0 bridgehead atoms. The highest BCUT2D eigenvalue weighted by Crippen LogP contribution is 2.12. The summed E-state index contributed by atoms with van der Waals surface area (Å²) in [6.07, 6.45) is 1.98. The van der Waals surface area contributed by atoms with Crippen LogP contribution in [0.25, 0.3) is 0 Å². The number of hydrogen-bond acceptors (Lipinski definition) is 3. The van der Waals surface area contributed by atoms with Crippen molar-refractivity contribution in [3.8, 4) is 0 Å². The third-order valence-electron chi connectivity index (χ3n) is 1.74. The Kier molecular flexibility index (Phi) is 10.1. The maximum atomic E-state index is 9.25. The molecule has 0 spiro atoms. The SMILES string of the molecule is C=CC(=O)O.CCC[Si](C)(OC)OC. The van der Waals surface area contributed by atoms with E-state index >= 15 is 0 Å². The maximum Gasteiger partial charge on any atom is 0.334 e. The van der Waals surface area contributed by atoms with Crippen molar-refractivity contribution >= 4 is 14.5 Å². The lowest BCUT2D eigenvalue weighted by molar-refractivity contribution is -0.131. The summed E-state index contributed by atoms with van der Waals surface area (Å²) in [5, 5.41) is 7.60. The van der Waals surface area contributed by atoms with Crippen LogP contribution in [-0.2, 0) is 13.6 Å². The molecule has 0 aromatic carbocycles. The molecule has 0 heterocycles. The van der Waals surface area contributed by atoms with Gasteiger partial charge in [0.05, 0.1) is 0 Å². The topological polar surface area (TPSA) is 55.8 Å². The van der Waals surface area contributed by atoms with Gasteiger partial charge >= 0.3 is 14.5 Å². The predicted octanol–water partition coefficient (Wildman–Crippen LogP) is 2.02. The second kappa shape index (κ2) is 8.92. The van der Waals surface area contributed by atoms with Gasteiger partial charge in [-0.1, -0.05) is 19.9 Å². The average Bonchev–Trinajstić information content (AvgIpc) is 2.19. The van der Waals surface area contributed by atoms with Crippen LogP contribution < -0.4 is 0 Å². The minimum atomic E-state index is -1.70. The minimum absolute atomic E-state index is 0.833. The fourth-order valence-electron chi connectivity index (χ4n) is 0.742. The van der Waals surface area contributed by atoms with Gasteiger partial charge in [-0.3, -0.25) is 0 Å². The zero-order chi connectivity index (χ0) is 11.6. The molecule has 0 amide bonds. The monoisotopic (exact) mass is 220 g/mol. The molecule has 0 aromatic rings. The quantitative estimate of drug-likeness (QED) is 0.569. The van der Waals surface area contributed by atoms with Crippen LogP contribution in [0, 0.1) is 0 Å². The lowest BCUT2D eigenvalue weighted by Gasteiger charge is -2.21. The summed E-state index contributed by atoms with van der Waals surface area (Å²) in [7, 11) is 1.76. The van der Waals surface area contributed by atoms with Crippen LogP contribution in [0.15, 0.2) is 12.7 Å². The van der Waals surface area contributed by atoms with E-state index < -0.39 is 14.5 Å².